The summed E-state index contributed by atoms with van der Waals surface area (Å²) in [7, 11) is 0. The Bertz CT molecular complexity index is 1220. The molecule has 2 atom stereocenters. The molecule has 5 rings (SSSR count). The summed E-state index contributed by atoms with van der Waals surface area (Å²) < 4.78 is 46.3. The molecule has 0 radical (unpaired) electrons. The Hall–Kier alpha value is -2.76. The van der Waals surface area contributed by atoms with Crippen LogP contribution < -0.4 is 4.90 Å². The topological polar surface area (TPSA) is 86.0 Å². The molecule has 1 unspecified atom stereocenters. The summed E-state index contributed by atoms with van der Waals surface area (Å²) in [6.07, 6.45) is -1.24. The number of hydrogen-bond acceptors (Lipinski definition) is 8. The average Bonchev–Trinajstić information content (AvgIpc) is 3.49. The van der Waals surface area contributed by atoms with Gasteiger partial charge in [-0.25, -0.2) is 9.97 Å². The minimum Gasteiger partial charge on any atom is -0.461 e. The molecule has 0 amide bonds. The highest BCUT2D eigenvalue weighted by atomic mass is 32.1. The van der Waals surface area contributed by atoms with E-state index in [1.807, 2.05) is 4.90 Å². The largest absolute Gasteiger partial charge is 0.461 e. The van der Waals surface area contributed by atoms with E-state index in [1.165, 1.54) is 16.4 Å². The van der Waals surface area contributed by atoms with Crippen LogP contribution in [0.2, 0.25) is 0 Å². The Morgan fingerprint density at radius 1 is 1.24 bits per heavy atom. The van der Waals surface area contributed by atoms with Crippen molar-refractivity contribution in [2.75, 3.05) is 18.0 Å². The number of fused-ring (bicyclic) bond motifs is 2. The van der Waals surface area contributed by atoms with Crippen molar-refractivity contribution in [1.82, 2.24) is 24.7 Å². The van der Waals surface area contributed by atoms with Crippen LogP contribution in [0.5, 0.6) is 0 Å². The average molecular weight is 495 g/mol. The van der Waals surface area contributed by atoms with E-state index in [0.717, 1.165) is 28.8 Å². The molecule has 0 aromatic carbocycles. The van der Waals surface area contributed by atoms with E-state index in [0.29, 0.717) is 44.1 Å². The summed E-state index contributed by atoms with van der Waals surface area (Å²) in [6.45, 7) is 4.90. The summed E-state index contributed by atoms with van der Waals surface area (Å²) in [5.41, 5.74) is 0.845. The summed E-state index contributed by atoms with van der Waals surface area (Å²) in [5.74, 6) is -0.431. The molecule has 0 aliphatic carbocycles. The second-order valence-electron chi connectivity index (χ2n) is 8.84. The fraction of sp³-hybridized carbons (Fsp3) is 0.591. The number of esters is 1. The van der Waals surface area contributed by atoms with Gasteiger partial charge >= 0.3 is 12.1 Å². The van der Waals surface area contributed by atoms with Crippen LogP contribution in [0.25, 0.3) is 10.2 Å². The Balaban J connectivity index is 1.49. The molecular weight excluding hydrogens is 469 g/mol. The number of aromatic nitrogens is 5. The Kier molecular flexibility index (Phi) is 5.95. The molecular formula is C22H25F3N6O2S. The van der Waals surface area contributed by atoms with E-state index < -0.39 is 12.0 Å². The summed E-state index contributed by atoms with van der Waals surface area (Å²) in [5, 5.41) is 8.21. The van der Waals surface area contributed by atoms with Gasteiger partial charge < -0.3 is 14.2 Å². The quantitative estimate of drug-likeness (QED) is 0.493. The van der Waals surface area contributed by atoms with Crippen molar-refractivity contribution >= 4 is 33.5 Å². The van der Waals surface area contributed by atoms with E-state index in [2.05, 4.69) is 23.2 Å². The molecule has 2 aliphatic heterocycles. The van der Waals surface area contributed by atoms with E-state index >= 15 is 0 Å². The second-order valence-corrected chi connectivity index (χ2v) is 9.95. The minimum absolute atomic E-state index is 0.0852. The van der Waals surface area contributed by atoms with Crippen LogP contribution in [0.1, 0.15) is 61.2 Å². The van der Waals surface area contributed by atoms with Crippen LogP contribution in [0.4, 0.5) is 19.1 Å². The van der Waals surface area contributed by atoms with Crippen molar-refractivity contribution in [3.63, 3.8) is 0 Å². The first-order valence-corrected chi connectivity index (χ1v) is 12.3. The van der Waals surface area contributed by atoms with Crippen LogP contribution in [0.3, 0.4) is 0 Å². The third-order valence-corrected chi connectivity index (χ3v) is 7.40. The molecule has 0 saturated carbocycles. The first-order valence-electron chi connectivity index (χ1n) is 11.4. The predicted octanol–water partition coefficient (Wildman–Crippen LogP) is 4.13. The molecule has 0 N–H and O–H groups in total. The van der Waals surface area contributed by atoms with Gasteiger partial charge in [0.2, 0.25) is 11.8 Å². The normalized spacial score (nSPS) is 20.7. The lowest BCUT2D eigenvalue weighted by Gasteiger charge is -2.25. The van der Waals surface area contributed by atoms with Crippen molar-refractivity contribution in [1.29, 1.82) is 0 Å². The van der Waals surface area contributed by atoms with E-state index in [-0.39, 0.29) is 24.5 Å². The minimum atomic E-state index is -4.52. The van der Waals surface area contributed by atoms with Gasteiger partial charge in [-0.2, -0.15) is 13.2 Å². The number of carbonyl (C=O) groups is 1. The van der Waals surface area contributed by atoms with Crippen LogP contribution in [-0.4, -0.2) is 49.9 Å². The first-order chi connectivity index (χ1) is 16.2. The number of aryl methyl sites for hydroxylation is 1. The molecule has 3 aromatic rings. The van der Waals surface area contributed by atoms with Gasteiger partial charge in [0.1, 0.15) is 16.8 Å². The summed E-state index contributed by atoms with van der Waals surface area (Å²) in [6, 6.07) is 2.12. The number of anilines is 1. The van der Waals surface area contributed by atoms with Gasteiger partial charge in [0.15, 0.2) is 0 Å². The molecule has 1 fully saturated rings. The van der Waals surface area contributed by atoms with Gasteiger partial charge in [0.25, 0.3) is 0 Å². The Morgan fingerprint density at radius 3 is 2.79 bits per heavy atom. The molecule has 34 heavy (non-hydrogen) atoms. The van der Waals surface area contributed by atoms with Gasteiger partial charge in [-0.3, -0.25) is 4.79 Å². The SMILES string of the molecule is CCCc1cc2c(C3CCn4c(nnc4C(F)(F)F)C3)nc(N3CC[C@H](OC(C)=O)C3)nc2s1. The third kappa shape index (κ3) is 4.35. The molecule has 1 saturated heterocycles. The van der Waals surface area contributed by atoms with E-state index in [1.54, 1.807) is 11.3 Å². The van der Waals surface area contributed by atoms with Crippen molar-refractivity contribution in [3.05, 3.63) is 28.3 Å². The van der Waals surface area contributed by atoms with Crippen LogP contribution in [0.15, 0.2) is 6.07 Å². The van der Waals surface area contributed by atoms with E-state index in [9.17, 15) is 18.0 Å². The lowest BCUT2D eigenvalue weighted by atomic mass is 9.92. The Morgan fingerprint density at radius 2 is 2.06 bits per heavy atom. The standard InChI is InChI=1S/C22H25F3N6O2S/c1-3-4-15-10-16-18(13-5-8-31-17(9-13)28-29-20(31)22(23,24)25)26-21(27-19(16)34-15)30-7-6-14(11-30)33-12(2)32/h10,13-14H,3-9,11H2,1-2H3/t13?,14-/m0/s1. The van der Waals surface area contributed by atoms with Crippen molar-refractivity contribution < 1.29 is 22.7 Å². The first kappa shape index (κ1) is 23.0. The molecule has 8 nitrogen and oxygen atoms in total. The highest BCUT2D eigenvalue weighted by Gasteiger charge is 2.40. The van der Waals surface area contributed by atoms with Gasteiger partial charge in [0, 0.05) is 49.0 Å². The third-order valence-electron chi connectivity index (χ3n) is 6.32. The summed E-state index contributed by atoms with van der Waals surface area (Å²) >= 11 is 1.63. The fourth-order valence-electron chi connectivity index (χ4n) is 4.82. The van der Waals surface area contributed by atoms with Crippen LogP contribution >= 0.6 is 11.3 Å². The molecule has 5 heterocycles. The molecule has 0 bridgehead atoms. The lowest BCUT2D eigenvalue weighted by Crippen LogP contribution is -2.27. The molecule has 2 aliphatic rings. The van der Waals surface area contributed by atoms with Crippen LogP contribution in [-0.2, 0) is 35.1 Å². The molecule has 12 heteroatoms. The number of ether oxygens (including phenoxy) is 1. The van der Waals surface area contributed by atoms with Crippen molar-refractivity contribution in [3.8, 4) is 0 Å². The maximum absolute atomic E-state index is 13.3. The zero-order chi connectivity index (χ0) is 24.0. The van der Waals surface area contributed by atoms with E-state index in [4.69, 9.17) is 14.7 Å². The second kappa shape index (κ2) is 8.79. The predicted molar refractivity (Wildman–Crippen MR) is 120 cm³/mol. The molecule has 3 aromatic heterocycles. The zero-order valence-electron chi connectivity index (χ0n) is 18.9. The van der Waals surface area contributed by atoms with Gasteiger partial charge in [-0.15, -0.1) is 21.5 Å². The number of thiophene rings is 1. The number of rotatable bonds is 5. The van der Waals surface area contributed by atoms with Crippen molar-refractivity contribution in [2.24, 2.45) is 0 Å². The van der Waals surface area contributed by atoms with Gasteiger partial charge in [0.05, 0.1) is 12.2 Å². The van der Waals surface area contributed by atoms with Gasteiger partial charge in [-0.05, 0) is 18.9 Å². The lowest BCUT2D eigenvalue weighted by molar-refractivity contribution is -0.148. The maximum Gasteiger partial charge on any atom is 0.451 e. The van der Waals surface area contributed by atoms with Crippen LogP contribution in [0, 0.1) is 0 Å². The fourth-order valence-corrected chi connectivity index (χ4v) is 5.95. The molecule has 0 spiro atoms. The number of hydrogen-bond donors (Lipinski definition) is 0. The number of nitrogens with zero attached hydrogens (tertiary/aromatic N) is 6. The number of halogens is 3. The highest BCUT2D eigenvalue weighted by molar-refractivity contribution is 7.18. The maximum atomic E-state index is 13.3. The molecule has 182 valence electrons. The summed E-state index contributed by atoms with van der Waals surface area (Å²) in [4.78, 5) is 25.2. The zero-order valence-corrected chi connectivity index (χ0v) is 19.7. The Labute approximate surface area is 198 Å². The smallest absolute Gasteiger partial charge is 0.451 e. The van der Waals surface area contributed by atoms with Gasteiger partial charge in [-0.1, -0.05) is 13.3 Å². The highest BCUT2D eigenvalue weighted by Crippen LogP contribution is 2.38. The monoisotopic (exact) mass is 494 g/mol. The number of alkyl halides is 3. The van der Waals surface area contributed by atoms with Crippen molar-refractivity contribution in [2.45, 2.75) is 70.7 Å². The number of carbonyl (C=O) groups excluding carboxylic acids is 1.